The average Bonchev–Trinajstić information content (AvgIpc) is 2.42. The van der Waals surface area contributed by atoms with Gasteiger partial charge in [0.25, 0.3) is 0 Å². The van der Waals surface area contributed by atoms with Crippen LogP contribution in [-0.2, 0) is 19.6 Å². The normalized spacial score (nSPS) is 36.7. The van der Waals surface area contributed by atoms with E-state index in [0.717, 1.165) is 6.42 Å². The molecular weight excluding hydrogens is 387 g/mol. The van der Waals surface area contributed by atoms with E-state index in [9.17, 15) is 31.5 Å². The zero-order valence-electron chi connectivity index (χ0n) is 15.4. The molecule has 0 aromatic heterocycles. The highest BCUT2D eigenvalue weighted by Gasteiger charge is 2.60. The van der Waals surface area contributed by atoms with Gasteiger partial charge >= 0.3 is 21.5 Å². The lowest BCUT2D eigenvalue weighted by Crippen LogP contribution is -2.62. The summed E-state index contributed by atoms with van der Waals surface area (Å²) >= 11 is 0. The van der Waals surface area contributed by atoms with E-state index >= 15 is 0 Å². The summed E-state index contributed by atoms with van der Waals surface area (Å²) in [5, 5.41) is 12.6. The maximum absolute atomic E-state index is 12.6. The fourth-order valence-corrected chi connectivity index (χ4v) is 5.67. The van der Waals surface area contributed by atoms with E-state index in [1.54, 1.807) is 20.8 Å². The molecule has 0 aromatic rings. The molecule has 4 aliphatic rings. The van der Waals surface area contributed by atoms with Crippen LogP contribution in [0.15, 0.2) is 4.40 Å². The zero-order chi connectivity index (χ0) is 20.5. The molecule has 4 saturated carbocycles. The number of rotatable bonds is 3. The number of hydrogen-bond donors (Lipinski definition) is 0. The zero-order valence-corrected chi connectivity index (χ0v) is 16.2. The predicted molar refractivity (Wildman–Crippen MR) is 87.8 cm³/mol. The predicted octanol–water partition coefficient (Wildman–Crippen LogP) is 2.52. The number of sulfonamides is 1. The largest absolute Gasteiger partial charge is 0.861 e. The first-order valence-corrected chi connectivity index (χ1v) is 10.3. The third-order valence-corrected chi connectivity index (χ3v) is 6.87. The monoisotopic (exact) mass is 410 g/mol. The van der Waals surface area contributed by atoms with E-state index < -0.39 is 43.8 Å². The van der Waals surface area contributed by atoms with Gasteiger partial charge in [0.1, 0.15) is 5.60 Å². The van der Waals surface area contributed by atoms with Crippen LogP contribution in [-0.4, -0.2) is 31.4 Å². The second-order valence-corrected chi connectivity index (χ2v) is 11.0. The molecular formula is C17H23F3NO5S-. The first-order valence-electron chi connectivity index (χ1n) is 8.90. The van der Waals surface area contributed by atoms with Gasteiger partial charge in [0.2, 0.25) is 0 Å². The van der Waals surface area contributed by atoms with Crippen LogP contribution in [0.2, 0.25) is 0 Å². The van der Waals surface area contributed by atoms with Crippen LogP contribution < -0.4 is 5.11 Å². The molecule has 6 nitrogen and oxygen atoms in total. The summed E-state index contributed by atoms with van der Waals surface area (Å²) in [6, 6.07) is 0. The Hall–Kier alpha value is -1.32. The van der Waals surface area contributed by atoms with E-state index in [1.807, 2.05) is 0 Å². The topological polar surface area (TPSA) is 95.9 Å². The Balaban J connectivity index is 1.94. The number of hydrogen-bond acceptors (Lipinski definition) is 5. The third-order valence-electron chi connectivity index (χ3n) is 5.88. The molecule has 10 heteroatoms. The molecule has 0 saturated heterocycles. The highest BCUT2D eigenvalue weighted by atomic mass is 32.2. The summed E-state index contributed by atoms with van der Waals surface area (Å²) in [5.74, 6) is -1.68. The molecule has 0 N–H and O–H groups in total. The van der Waals surface area contributed by atoms with Gasteiger partial charge < -0.3 is 9.84 Å². The molecule has 154 valence electrons. The number of esters is 1. The van der Waals surface area contributed by atoms with Gasteiger partial charge in [-0.25, -0.2) is 0 Å². The highest BCUT2D eigenvalue weighted by Crippen LogP contribution is 2.63. The van der Waals surface area contributed by atoms with Crippen LogP contribution >= 0.6 is 0 Å². The number of halogens is 3. The van der Waals surface area contributed by atoms with Crippen molar-refractivity contribution >= 4 is 21.9 Å². The van der Waals surface area contributed by atoms with Gasteiger partial charge in [-0.2, -0.15) is 26.0 Å². The van der Waals surface area contributed by atoms with Crippen LogP contribution in [0, 0.1) is 22.7 Å². The molecule has 4 aliphatic carbocycles. The molecule has 27 heavy (non-hydrogen) atoms. The van der Waals surface area contributed by atoms with Crippen LogP contribution in [0.4, 0.5) is 13.2 Å². The Morgan fingerprint density at radius 2 is 1.63 bits per heavy atom. The quantitative estimate of drug-likeness (QED) is 0.405. The first kappa shape index (κ1) is 20.4. The maximum atomic E-state index is 12.6. The summed E-state index contributed by atoms with van der Waals surface area (Å²) in [4.78, 5) is 12.4. The van der Waals surface area contributed by atoms with Crippen molar-refractivity contribution in [3.8, 4) is 0 Å². The van der Waals surface area contributed by atoms with E-state index in [1.165, 1.54) is 0 Å². The van der Waals surface area contributed by atoms with Gasteiger partial charge in [0, 0.05) is 5.41 Å². The molecule has 0 radical (unpaired) electrons. The minimum atomic E-state index is -5.89. The van der Waals surface area contributed by atoms with Crippen LogP contribution in [0.5, 0.6) is 0 Å². The number of ether oxygens (including phenoxy) is 1. The Kier molecular flexibility index (Phi) is 4.42. The fourth-order valence-electron chi connectivity index (χ4n) is 5.16. The maximum Gasteiger partial charge on any atom is 0.518 e. The Bertz CT molecular complexity index is 767. The lowest BCUT2D eigenvalue weighted by Gasteiger charge is -2.62. The van der Waals surface area contributed by atoms with Gasteiger partial charge in [0.05, 0.1) is 5.41 Å². The molecule has 2 unspecified atom stereocenters. The van der Waals surface area contributed by atoms with Gasteiger partial charge in [-0.3, -0.25) is 4.79 Å². The summed E-state index contributed by atoms with van der Waals surface area (Å²) < 4.78 is 69.0. The Morgan fingerprint density at radius 1 is 1.11 bits per heavy atom. The van der Waals surface area contributed by atoms with Gasteiger partial charge in [-0.15, -0.1) is 0 Å². The number of carbonyl (C=O) groups is 1. The Labute approximate surface area is 156 Å². The van der Waals surface area contributed by atoms with Crippen molar-refractivity contribution in [2.24, 2.45) is 27.1 Å². The van der Waals surface area contributed by atoms with Crippen LogP contribution in [0.1, 0.15) is 59.3 Å². The van der Waals surface area contributed by atoms with Crippen molar-refractivity contribution in [3.05, 3.63) is 0 Å². The number of nitrogens with zero attached hydrogens (tertiary/aromatic N) is 1. The van der Waals surface area contributed by atoms with Crippen molar-refractivity contribution in [1.82, 2.24) is 0 Å². The van der Waals surface area contributed by atoms with E-state index in [2.05, 4.69) is 4.40 Å². The van der Waals surface area contributed by atoms with Crippen molar-refractivity contribution < 1.29 is 36.2 Å². The first-order chi connectivity index (χ1) is 12.1. The summed E-state index contributed by atoms with van der Waals surface area (Å²) in [6.45, 7) is 5.09. The molecule has 0 aromatic carbocycles. The minimum absolute atomic E-state index is 0.00626. The second kappa shape index (κ2) is 5.84. The van der Waals surface area contributed by atoms with Gasteiger partial charge in [-0.1, -0.05) is 0 Å². The highest BCUT2D eigenvalue weighted by molar-refractivity contribution is 7.91. The minimum Gasteiger partial charge on any atom is -0.861 e. The van der Waals surface area contributed by atoms with Crippen LogP contribution in [0.3, 0.4) is 0 Å². The molecule has 0 aliphatic heterocycles. The lowest BCUT2D eigenvalue weighted by molar-refractivity contribution is -0.255. The van der Waals surface area contributed by atoms with E-state index in [4.69, 9.17) is 4.74 Å². The fraction of sp³-hybridized carbons (Fsp3) is 0.882. The molecule has 0 spiro atoms. The van der Waals surface area contributed by atoms with Gasteiger partial charge in [-0.05, 0) is 77.0 Å². The van der Waals surface area contributed by atoms with E-state index in [-0.39, 0.29) is 31.1 Å². The average molecular weight is 410 g/mol. The standard InChI is InChI=1S/C17H24F3NO5S/c1-14(2,3)13(23)26-16-7-10-4-11(8-16)6-15(5-10,9-16)12(22)21-27(24,25)17(18,19)20/h10-11H,4-9H2,1-3H3,(H,21,22)/p-1. The van der Waals surface area contributed by atoms with Crippen molar-refractivity contribution in [1.29, 1.82) is 0 Å². The smallest absolute Gasteiger partial charge is 0.518 e. The molecule has 4 bridgehead atoms. The summed E-state index contributed by atoms with van der Waals surface area (Å²) in [5.41, 5.74) is -8.60. The van der Waals surface area contributed by atoms with Crippen molar-refractivity contribution in [2.75, 3.05) is 0 Å². The molecule has 0 amide bonds. The molecule has 4 fully saturated rings. The molecule has 0 heterocycles. The van der Waals surface area contributed by atoms with Crippen LogP contribution in [0.25, 0.3) is 0 Å². The third kappa shape index (κ3) is 3.56. The Morgan fingerprint density at radius 3 is 2.07 bits per heavy atom. The molecule has 2 atom stereocenters. The number of alkyl halides is 3. The SMILES string of the molecule is CC(C)(C)C(=O)OC12CC3CC(C1)CC(/C([O-])=N/S(=O)(=O)C(F)(F)F)(C3)C2. The summed E-state index contributed by atoms with van der Waals surface area (Å²) in [7, 11) is -5.89. The van der Waals surface area contributed by atoms with E-state index in [0.29, 0.717) is 12.8 Å². The van der Waals surface area contributed by atoms with Crippen molar-refractivity contribution in [2.45, 2.75) is 70.4 Å². The number of carbonyl (C=O) groups excluding carboxylic acids is 1. The van der Waals surface area contributed by atoms with Crippen molar-refractivity contribution in [3.63, 3.8) is 0 Å². The lowest BCUT2D eigenvalue weighted by atomic mass is 9.47. The van der Waals surface area contributed by atoms with Gasteiger partial charge in [0.15, 0.2) is 0 Å². The molecule has 4 rings (SSSR count). The second-order valence-electron chi connectivity index (χ2n) is 9.38. The summed E-state index contributed by atoms with van der Waals surface area (Å²) in [6.07, 6.45) is 2.50.